The highest BCUT2D eigenvalue weighted by atomic mass is 16.2. The predicted octanol–water partition coefficient (Wildman–Crippen LogP) is 1.37. The van der Waals surface area contributed by atoms with Crippen LogP contribution in [-0.2, 0) is 16.0 Å². The Morgan fingerprint density at radius 1 is 1.26 bits per heavy atom. The average molecular weight is 313 g/mol. The molecule has 23 heavy (non-hydrogen) atoms. The molecule has 0 saturated heterocycles. The quantitative estimate of drug-likeness (QED) is 0.618. The summed E-state index contributed by atoms with van der Waals surface area (Å²) in [6, 6.07) is 9.19. The van der Waals surface area contributed by atoms with E-state index in [1.54, 1.807) is 0 Å². The number of aromatic nitrogens is 2. The van der Waals surface area contributed by atoms with Gasteiger partial charge >= 0.3 is 0 Å². The zero-order valence-electron chi connectivity index (χ0n) is 12.6. The molecule has 0 radical (unpaired) electrons. The molecule has 1 aromatic carbocycles. The topological polar surface area (TPSA) is 113 Å². The van der Waals surface area contributed by atoms with Gasteiger partial charge in [0.1, 0.15) is 0 Å². The fourth-order valence-corrected chi connectivity index (χ4v) is 2.31. The first-order valence-corrected chi connectivity index (χ1v) is 7.56. The number of anilines is 2. The lowest BCUT2D eigenvalue weighted by atomic mass is 10.1. The number of nitrogens with zero attached hydrogens (tertiary/aromatic N) is 1. The first kappa shape index (κ1) is 15.1. The van der Waals surface area contributed by atoms with E-state index in [0.717, 1.165) is 16.9 Å². The molecule has 0 atom stereocenters. The van der Waals surface area contributed by atoms with Crippen LogP contribution in [-0.4, -0.2) is 28.6 Å². The van der Waals surface area contributed by atoms with Crippen LogP contribution in [0.15, 0.2) is 30.3 Å². The Hall–Kier alpha value is -2.83. The van der Waals surface area contributed by atoms with Crippen LogP contribution in [0.2, 0.25) is 0 Å². The second-order valence-corrected chi connectivity index (χ2v) is 5.72. The SMILES string of the molecule is NC(=O)CNc1ccc(CC(=O)Nc2cc(C3CC3)[nH]n2)cc1. The summed E-state index contributed by atoms with van der Waals surface area (Å²) in [6.07, 6.45) is 2.64. The van der Waals surface area contributed by atoms with Crippen LogP contribution in [0.4, 0.5) is 11.5 Å². The average Bonchev–Trinajstić information content (AvgIpc) is 3.27. The third kappa shape index (κ3) is 4.32. The first-order chi connectivity index (χ1) is 11.1. The van der Waals surface area contributed by atoms with Crippen molar-refractivity contribution < 1.29 is 9.59 Å². The van der Waals surface area contributed by atoms with Gasteiger partial charge < -0.3 is 16.4 Å². The minimum absolute atomic E-state index is 0.0856. The Morgan fingerprint density at radius 3 is 2.65 bits per heavy atom. The summed E-state index contributed by atoms with van der Waals surface area (Å²) in [5.41, 5.74) is 7.83. The summed E-state index contributed by atoms with van der Waals surface area (Å²) in [6.45, 7) is 0.0856. The molecule has 0 unspecified atom stereocenters. The molecule has 7 heteroatoms. The lowest BCUT2D eigenvalue weighted by Crippen LogP contribution is -2.21. The van der Waals surface area contributed by atoms with E-state index in [4.69, 9.17) is 5.73 Å². The number of primary amides is 1. The number of nitrogens with one attached hydrogen (secondary N) is 3. The van der Waals surface area contributed by atoms with E-state index >= 15 is 0 Å². The summed E-state index contributed by atoms with van der Waals surface area (Å²) in [5, 5.41) is 12.7. The highest BCUT2D eigenvalue weighted by molar-refractivity contribution is 5.91. The molecule has 1 heterocycles. The molecule has 1 saturated carbocycles. The summed E-state index contributed by atoms with van der Waals surface area (Å²) in [5.74, 6) is 0.611. The van der Waals surface area contributed by atoms with Crippen molar-refractivity contribution in [3.8, 4) is 0 Å². The molecule has 120 valence electrons. The van der Waals surface area contributed by atoms with Gasteiger partial charge in [-0.25, -0.2) is 0 Å². The van der Waals surface area contributed by atoms with Crippen molar-refractivity contribution >= 4 is 23.3 Å². The number of carbonyl (C=O) groups is 2. The lowest BCUT2D eigenvalue weighted by Gasteiger charge is -2.06. The number of H-pyrrole nitrogens is 1. The maximum Gasteiger partial charge on any atom is 0.236 e. The van der Waals surface area contributed by atoms with E-state index in [2.05, 4.69) is 20.8 Å². The van der Waals surface area contributed by atoms with Crippen LogP contribution in [0.3, 0.4) is 0 Å². The summed E-state index contributed by atoms with van der Waals surface area (Å²) in [7, 11) is 0. The van der Waals surface area contributed by atoms with Crippen LogP contribution in [0.1, 0.15) is 30.0 Å². The molecular formula is C16H19N5O2. The van der Waals surface area contributed by atoms with Crippen molar-refractivity contribution in [3.63, 3.8) is 0 Å². The molecule has 1 fully saturated rings. The van der Waals surface area contributed by atoms with Crippen molar-refractivity contribution in [2.45, 2.75) is 25.2 Å². The third-order valence-corrected chi connectivity index (χ3v) is 3.67. The molecule has 3 rings (SSSR count). The Bertz CT molecular complexity index is 704. The van der Waals surface area contributed by atoms with Crippen molar-refractivity contribution in [2.24, 2.45) is 5.73 Å². The maximum absolute atomic E-state index is 12.0. The van der Waals surface area contributed by atoms with Gasteiger partial charge in [-0.1, -0.05) is 12.1 Å². The van der Waals surface area contributed by atoms with Crippen LogP contribution < -0.4 is 16.4 Å². The Balaban J connectivity index is 1.51. The highest BCUT2D eigenvalue weighted by Crippen LogP contribution is 2.39. The maximum atomic E-state index is 12.0. The number of carbonyl (C=O) groups excluding carboxylic acids is 2. The molecule has 5 N–H and O–H groups in total. The van der Waals surface area contributed by atoms with E-state index in [1.807, 2.05) is 30.3 Å². The van der Waals surface area contributed by atoms with Gasteiger partial charge in [0.2, 0.25) is 11.8 Å². The van der Waals surface area contributed by atoms with Crippen LogP contribution in [0.5, 0.6) is 0 Å². The molecule has 1 aliphatic carbocycles. The molecule has 1 aromatic heterocycles. The van der Waals surface area contributed by atoms with Gasteiger partial charge in [-0.2, -0.15) is 5.10 Å². The van der Waals surface area contributed by atoms with Crippen LogP contribution in [0.25, 0.3) is 0 Å². The van der Waals surface area contributed by atoms with E-state index in [1.165, 1.54) is 12.8 Å². The van der Waals surface area contributed by atoms with Gasteiger partial charge in [0, 0.05) is 23.4 Å². The van der Waals surface area contributed by atoms with Crippen molar-refractivity contribution in [1.29, 1.82) is 0 Å². The molecule has 0 spiro atoms. The largest absolute Gasteiger partial charge is 0.376 e. The Labute approximate surface area is 133 Å². The zero-order valence-corrected chi connectivity index (χ0v) is 12.6. The van der Waals surface area contributed by atoms with Crippen LogP contribution >= 0.6 is 0 Å². The van der Waals surface area contributed by atoms with Crippen LogP contribution in [0, 0.1) is 0 Å². The second kappa shape index (κ2) is 6.51. The molecule has 2 amide bonds. The molecule has 1 aliphatic rings. The van der Waals surface area contributed by atoms with E-state index in [9.17, 15) is 9.59 Å². The predicted molar refractivity (Wildman–Crippen MR) is 87.0 cm³/mol. The van der Waals surface area contributed by atoms with E-state index in [0.29, 0.717) is 11.7 Å². The van der Waals surface area contributed by atoms with Gasteiger partial charge in [0.15, 0.2) is 5.82 Å². The minimum atomic E-state index is -0.418. The van der Waals surface area contributed by atoms with Gasteiger partial charge in [-0.15, -0.1) is 0 Å². The number of amides is 2. The number of hydrogen-bond donors (Lipinski definition) is 4. The van der Waals surface area contributed by atoms with Gasteiger partial charge in [-0.3, -0.25) is 14.7 Å². The minimum Gasteiger partial charge on any atom is -0.376 e. The number of aromatic amines is 1. The molecule has 0 aliphatic heterocycles. The standard InChI is InChI=1S/C16H19N5O2/c17-14(22)9-18-12-5-1-10(2-6-12)7-16(23)19-15-8-13(20-21-15)11-3-4-11/h1-2,5-6,8,11,18H,3-4,7,9H2,(H2,17,22)(H2,19,20,21,23). The van der Waals surface area contributed by atoms with Crippen molar-refractivity contribution in [2.75, 3.05) is 17.2 Å². The van der Waals surface area contributed by atoms with Crippen molar-refractivity contribution in [3.05, 3.63) is 41.6 Å². The summed E-state index contributed by atoms with van der Waals surface area (Å²) >= 11 is 0. The normalized spacial score (nSPS) is 13.6. The fourth-order valence-electron chi connectivity index (χ4n) is 2.31. The Morgan fingerprint density at radius 2 is 2.00 bits per heavy atom. The van der Waals surface area contributed by atoms with Gasteiger partial charge in [0.25, 0.3) is 0 Å². The smallest absolute Gasteiger partial charge is 0.236 e. The molecule has 0 bridgehead atoms. The monoisotopic (exact) mass is 313 g/mol. The third-order valence-electron chi connectivity index (χ3n) is 3.67. The van der Waals surface area contributed by atoms with Crippen molar-refractivity contribution in [1.82, 2.24) is 10.2 Å². The number of rotatable bonds is 7. The number of nitrogens with two attached hydrogens (primary N) is 1. The van der Waals surface area contributed by atoms with Gasteiger partial charge in [-0.05, 0) is 30.5 Å². The van der Waals surface area contributed by atoms with E-state index < -0.39 is 5.91 Å². The molecule has 2 aromatic rings. The second-order valence-electron chi connectivity index (χ2n) is 5.72. The van der Waals surface area contributed by atoms with E-state index in [-0.39, 0.29) is 18.9 Å². The van der Waals surface area contributed by atoms with Gasteiger partial charge in [0.05, 0.1) is 13.0 Å². The zero-order chi connectivity index (χ0) is 16.2. The fraction of sp³-hybridized carbons (Fsp3) is 0.312. The number of hydrogen-bond acceptors (Lipinski definition) is 4. The molecule has 7 nitrogen and oxygen atoms in total. The lowest BCUT2D eigenvalue weighted by molar-refractivity contribution is -0.116. The number of benzene rings is 1. The molecular weight excluding hydrogens is 294 g/mol. The summed E-state index contributed by atoms with van der Waals surface area (Å²) < 4.78 is 0. The Kier molecular flexibility index (Phi) is 4.27. The first-order valence-electron chi connectivity index (χ1n) is 7.56. The summed E-state index contributed by atoms with van der Waals surface area (Å²) in [4.78, 5) is 22.7. The highest BCUT2D eigenvalue weighted by Gasteiger charge is 2.25.